The molecule has 0 aromatic heterocycles. The summed E-state index contributed by atoms with van der Waals surface area (Å²) >= 11 is 0. The van der Waals surface area contributed by atoms with Crippen LogP contribution in [-0.2, 0) is 0 Å². The van der Waals surface area contributed by atoms with E-state index in [1.54, 1.807) is 24.3 Å². The van der Waals surface area contributed by atoms with Crippen molar-refractivity contribution >= 4 is 6.29 Å². The summed E-state index contributed by atoms with van der Waals surface area (Å²) in [6, 6.07) is 9.57. The van der Waals surface area contributed by atoms with Crippen LogP contribution in [0.15, 0.2) is 42.5 Å². The lowest BCUT2D eigenvalue weighted by Gasteiger charge is -2.03. The fraction of sp³-hybridized carbons (Fsp3) is 0. The van der Waals surface area contributed by atoms with E-state index in [2.05, 4.69) is 0 Å². The molecule has 2 aromatic carbocycles. The summed E-state index contributed by atoms with van der Waals surface area (Å²) in [6.07, 6.45) is 0.700. The first-order valence-electron chi connectivity index (χ1n) is 4.71. The molecule has 0 fully saturated rings. The van der Waals surface area contributed by atoms with Gasteiger partial charge in [-0.2, -0.15) is 0 Å². The van der Waals surface area contributed by atoms with Crippen molar-refractivity contribution in [2.75, 3.05) is 0 Å². The van der Waals surface area contributed by atoms with Crippen molar-refractivity contribution in [1.82, 2.24) is 0 Å². The van der Waals surface area contributed by atoms with Gasteiger partial charge in [-0.25, -0.2) is 8.78 Å². The van der Waals surface area contributed by atoms with Gasteiger partial charge in [-0.3, -0.25) is 4.79 Å². The third-order valence-corrected chi connectivity index (χ3v) is 2.29. The van der Waals surface area contributed by atoms with E-state index in [0.717, 1.165) is 18.2 Å². The zero-order valence-electron chi connectivity index (χ0n) is 8.28. The van der Waals surface area contributed by atoms with Gasteiger partial charge in [0.1, 0.15) is 17.9 Å². The lowest BCUT2D eigenvalue weighted by atomic mass is 10.0. The molecule has 80 valence electrons. The highest BCUT2D eigenvalue weighted by Crippen LogP contribution is 2.23. The van der Waals surface area contributed by atoms with E-state index in [0.29, 0.717) is 17.4 Å². The van der Waals surface area contributed by atoms with Gasteiger partial charge in [-0.15, -0.1) is 0 Å². The number of benzene rings is 2. The van der Waals surface area contributed by atoms with Crippen molar-refractivity contribution in [3.63, 3.8) is 0 Å². The first-order valence-corrected chi connectivity index (χ1v) is 4.71. The van der Waals surface area contributed by atoms with Gasteiger partial charge in [0.25, 0.3) is 0 Å². The fourth-order valence-electron chi connectivity index (χ4n) is 1.46. The highest BCUT2D eigenvalue weighted by Gasteiger charge is 2.06. The van der Waals surface area contributed by atoms with E-state index in [4.69, 9.17) is 0 Å². The number of aldehydes is 1. The Bertz CT molecular complexity index is 518. The lowest BCUT2D eigenvalue weighted by molar-refractivity contribution is 0.112. The van der Waals surface area contributed by atoms with E-state index >= 15 is 0 Å². The Morgan fingerprint density at radius 1 is 0.938 bits per heavy atom. The van der Waals surface area contributed by atoms with E-state index in [1.807, 2.05) is 0 Å². The maximum absolute atomic E-state index is 13.4. The summed E-state index contributed by atoms with van der Waals surface area (Å²) in [5.41, 5.74) is 1.24. The zero-order valence-corrected chi connectivity index (χ0v) is 8.28. The first-order chi connectivity index (χ1) is 7.70. The minimum atomic E-state index is -0.490. The maximum Gasteiger partial charge on any atom is 0.150 e. The van der Waals surface area contributed by atoms with Crippen LogP contribution in [0.4, 0.5) is 8.78 Å². The molecule has 0 atom stereocenters. The van der Waals surface area contributed by atoms with E-state index < -0.39 is 11.6 Å². The number of hydrogen-bond donors (Lipinski definition) is 0. The predicted octanol–water partition coefficient (Wildman–Crippen LogP) is 3.44. The highest BCUT2D eigenvalue weighted by molar-refractivity contribution is 5.77. The summed E-state index contributed by atoms with van der Waals surface area (Å²) in [7, 11) is 0. The van der Waals surface area contributed by atoms with Crippen molar-refractivity contribution < 1.29 is 13.6 Å². The van der Waals surface area contributed by atoms with Crippen LogP contribution >= 0.6 is 0 Å². The molecular formula is C13H8F2O. The molecule has 0 radical (unpaired) electrons. The number of carbonyl (C=O) groups excluding carboxylic acids is 1. The zero-order chi connectivity index (χ0) is 11.5. The minimum Gasteiger partial charge on any atom is -0.298 e. The van der Waals surface area contributed by atoms with Crippen LogP contribution in [0.5, 0.6) is 0 Å². The molecular weight excluding hydrogens is 210 g/mol. The molecule has 0 spiro atoms. The molecule has 0 aliphatic heterocycles. The van der Waals surface area contributed by atoms with E-state index in [9.17, 15) is 13.6 Å². The molecule has 0 saturated carbocycles. The van der Waals surface area contributed by atoms with Gasteiger partial charge in [0, 0.05) is 11.1 Å². The Balaban J connectivity index is 2.49. The van der Waals surface area contributed by atoms with Crippen molar-refractivity contribution in [2.24, 2.45) is 0 Å². The molecule has 0 unspecified atom stereocenters. The Hall–Kier alpha value is -2.03. The SMILES string of the molecule is O=Cc1ccc(-c2cc(F)ccc2F)cc1. The van der Waals surface area contributed by atoms with Crippen LogP contribution < -0.4 is 0 Å². The summed E-state index contributed by atoms with van der Waals surface area (Å²) in [5, 5.41) is 0. The van der Waals surface area contributed by atoms with E-state index in [-0.39, 0.29) is 5.56 Å². The van der Waals surface area contributed by atoms with Crippen molar-refractivity contribution in [3.8, 4) is 11.1 Å². The summed E-state index contributed by atoms with van der Waals surface area (Å²) < 4.78 is 26.4. The third-order valence-electron chi connectivity index (χ3n) is 2.29. The second-order valence-corrected chi connectivity index (χ2v) is 3.36. The summed E-state index contributed by atoms with van der Waals surface area (Å²) in [6.45, 7) is 0. The largest absolute Gasteiger partial charge is 0.298 e. The van der Waals surface area contributed by atoms with Crippen LogP contribution in [0.1, 0.15) is 10.4 Å². The fourth-order valence-corrected chi connectivity index (χ4v) is 1.46. The van der Waals surface area contributed by atoms with Crippen molar-refractivity contribution in [3.05, 3.63) is 59.7 Å². The summed E-state index contributed by atoms with van der Waals surface area (Å²) in [5.74, 6) is -0.976. The Labute approximate surface area is 91.3 Å². The number of halogens is 2. The van der Waals surface area contributed by atoms with Gasteiger partial charge in [0.15, 0.2) is 0 Å². The van der Waals surface area contributed by atoms with Gasteiger partial charge in [0.2, 0.25) is 0 Å². The van der Waals surface area contributed by atoms with Crippen molar-refractivity contribution in [1.29, 1.82) is 0 Å². The molecule has 0 bridgehead atoms. The van der Waals surface area contributed by atoms with Gasteiger partial charge in [0.05, 0.1) is 0 Å². The molecule has 2 aromatic rings. The Morgan fingerprint density at radius 3 is 2.25 bits per heavy atom. The predicted molar refractivity (Wildman–Crippen MR) is 57.2 cm³/mol. The number of rotatable bonds is 2. The Kier molecular flexibility index (Phi) is 2.77. The smallest absolute Gasteiger partial charge is 0.150 e. The van der Waals surface area contributed by atoms with Gasteiger partial charge >= 0.3 is 0 Å². The Morgan fingerprint density at radius 2 is 1.62 bits per heavy atom. The van der Waals surface area contributed by atoms with Crippen LogP contribution in [0.3, 0.4) is 0 Å². The van der Waals surface area contributed by atoms with Gasteiger partial charge in [-0.1, -0.05) is 24.3 Å². The molecule has 0 aliphatic carbocycles. The number of hydrogen-bond acceptors (Lipinski definition) is 1. The first kappa shape index (κ1) is 10.5. The second kappa shape index (κ2) is 4.23. The third kappa shape index (κ3) is 1.98. The molecule has 2 rings (SSSR count). The normalized spacial score (nSPS) is 10.1. The average Bonchev–Trinajstić information content (AvgIpc) is 2.32. The van der Waals surface area contributed by atoms with Crippen LogP contribution in [0.25, 0.3) is 11.1 Å². The molecule has 0 aliphatic rings. The van der Waals surface area contributed by atoms with Crippen LogP contribution in [0.2, 0.25) is 0 Å². The molecule has 0 saturated heterocycles. The molecule has 16 heavy (non-hydrogen) atoms. The topological polar surface area (TPSA) is 17.1 Å². The van der Waals surface area contributed by atoms with Crippen molar-refractivity contribution in [2.45, 2.75) is 0 Å². The maximum atomic E-state index is 13.4. The average molecular weight is 218 g/mol. The quantitative estimate of drug-likeness (QED) is 0.705. The second-order valence-electron chi connectivity index (χ2n) is 3.36. The lowest BCUT2D eigenvalue weighted by Crippen LogP contribution is -1.87. The number of carbonyl (C=O) groups is 1. The standard InChI is InChI=1S/C13H8F2O/c14-11-5-6-13(15)12(7-11)10-3-1-9(8-16)2-4-10/h1-8H. The molecule has 0 heterocycles. The molecule has 0 amide bonds. The monoisotopic (exact) mass is 218 g/mol. The van der Waals surface area contributed by atoms with Crippen LogP contribution in [-0.4, -0.2) is 6.29 Å². The van der Waals surface area contributed by atoms with E-state index in [1.165, 1.54) is 0 Å². The van der Waals surface area contributed by atoms with Crippen LogP contribution in [0, 0.1) is 11.6 Å². The van der Waals surface area contributed by atoms with Gasteiger partial charge in [-0.05, 0) is 23.8 Å². The minimum absolute atomic E-state index is 0.192. The molecule has 3 heteroatoms. The summed E-state index contributed by atoms with van der Waals surface area (Å²) in [4.78, 5) is 10.4. The molecule has 0 N–H and O–H groups in total. The molecule has 1 nitrogen and oxygen atoms in total. The highest BCUT2D eigenvalue weighted by atomic mass is 19.1. The van der Waals surface area contributed by atoms with Gasteiger partial charge < -0.3 is 0 Å².